The minimum Gasteiger partial charge on any atom is -0.500 e. The summed E-state index contributed by atoms with van der Waals surface area (Å²) in [7, 11) is 0. The number of imide groups is 1. The molecule has 166 valence electrons. The zero-order valence-electron chi connectivity index (χ0n) is 17.2. The highest BCUT2D eigenvalue weighted by Crippen LogP contribution is 2.39. The van der Waals surface area contributed by atoms with Gasteiger partial charge in [0.1, 0.15) is 6.54 Å². The van der Waals surface area contributed by atoms with E-state index in [0.717, 1.165) is 16.5 Å². The highest BCUT2D eigenvalue weighted by molar-refractivity contribution is 8.18. The Balaban J connectivity index is 1.81. The number of carbonyl (C=O) groups excluding carboxylic acids is 3. The molecule has 0 radical (unpaired) electrons. The maximum absolute atomic E-state index is 12.7. The average Bonchev–Trinajstić information content (AvgIpc) is 2.99. The van der Waals surface area contributed by atoms with Crippen molar-refractivity contribution in [1.29, 1.82) is 0 Å². The summed E-state index contributed by atoms with van der Waals surface area (Å²) < 4.78 is 5.21. The molecule has 1 aliphatic rings. The van der Waals surface area contributed by atoms with Gasteiger partial charge in [0.05, 0.1) is 16.4 Å². The van der Waals surface area contributed by atoms with Crippen LogP contribution < -0.4 is 10.1 Å². The molecule has 2 aromatic rings. The van der Waals surface area contributed by atoms with Gasteiger partial charge in [0.15, 0.2) is 5.75 Å². The van der Waals surface area contributed by atoms with Crippen molar-refractivity contribution in [2.45, 2.75) is 13.8 Å². The van der Waals surface area contributed by atoms with E-state index in [2.05, 4.69) is 5.32 Å². The SMILES string of the molecule is CCOc1cc(/C=C2\SC(=O)N(CC(=O)Nc3ccccc3C)C2=O)cc([N+](=O)[O-])c1O. The number of carbonyl (C=O) groups is 3. The zero-order valence-corrected chi connectivity index (χ0v) is 18.0. The first kappa shape index (κ1) is 22.8. The van der Waals surface area contributed by atoms with E-state index in [-0.39, 0.29) is 22.8 Å². The van der Waals surface area contributed by atoms with Crippen LogP contribution in [0.5, 0.6) is 11.5 Å². The van der Waals surface area contributed by atoms with Gasteiger partial charge in [-0.25, -0.2) is 0 Å². The predicted molar refractivity (Wildman–Crippen MR) is 118 cm³/mol. The molecule has 0 atom stereocenters. The molecule has 0 aliphatic carbocycles. The van der Waals surface area contributed by atoms with Crippen molar-refractivity contribution in [1.82, 2.24) is 4.90 Å². The van der Waals surface area contributed by atoms with Crippen LogP contribution in [-0.4, -0.2) is 45.1 Å². The fourth-order valence-corrected chi connectivity index (χ4v) is 3.77. The number of nitro benzene ring substituents is 1. The van der Waals surface area contributed by atoms with Gasteiger partial charge in [0, 0.05) is 11.8 Å². The largest absolute Gasteiger partial charge is 0.500 e. The molecule has 1 heterocycles. The highest BCUT2D eigenvalue weighted by atomic mass is 32.2. The van der Waals surface area contributed by atoms with Crippen LogP contribution in [0.1, 0.15) is 18.1 Å². The van der Waals surface area contributed by atoms with E-state index in [1.807, 2.05) is 19.1 Å². The second kappa shape index (κ2) is 9.52. The number of rotatable bonds is 7. The Morgan fingerprint density at radius 1 is 1.31 bits per heavy atom. The second-order valence-corrected chi connectivity index (χ2v) is 7.70. The predicted octanol–water partition coefficient (Wildman–Crippen LogP) is 3.68. The number of nitro groups is 1. The number of aryl methyl sites for hydroxylation is 1. The van der Waals surface area contributed by atoms with Crippen molar-refractivity contribution in [2.24, 2.45) is 0 Å². The lowest BCUT2D eigenvalue weighted by molar-refractivity contribution is -0.386. The molecule has 0 aromatic heterocycles. The van der Waals surface area contributed by atoms with E-state index >= 15 is 0 Å². The van der Waals surface area contributed by atoms with E-state index in [1.54, 1.807) is 19.1 Å². The van der Waals surface area contributed by atoms with Gasteiger partial charge in [-0.1, -0.05) is 18.2 Å². The molecule has 0 bridgehead atoms. The lowest BCUT2D eigenvalue weighted by Crippen LogP contribution is -2.36. The molecular formula is C21H19N3O7S. The van der Waals surface area contributed by atoms with Crippen molar-refractivity contribution >= 4 is 46.3 Å². The third-order valence-electron chi connectivity index (χ3n) is 4.47. The Labute approximate surface area is 187 Å². The van der Waals surface area contributed by atoms with Crippen LogP contribution in [0.15, 0.2) is 41.3 Å². The Morgan fingerprint density at radius 2 is 2.03 bits per heavy atom. The summed E-state index contributed by atoms with van der Waals surface area (Å²) in [5, 5.41) is 23.2. The molecule has 10 nitrogen and oxygen atoms in total. The number of phenols is 1. The first-order chi connectivity index (χ1) is 15.2. The first-order valence-electron chi connectivity index (χ1n) is 9.46. The van der Waals surface area contributed by atoms with Gasteiger partial charge in [-0.3, -0.25) is 29.4 Å². The van der Waals surface area contributed by atoms with Gasteiger partial charge in [0.25, 0.3) is 11.1 Å². The van der Waals surface area contributed by atoms with Crippen molar-refractivity contribution in [3.05, 3.63) is 62.5 Å². The number of ether oxygens (including phenoxy) is 1. The molecule has 1 saturated heterocycles. The average molecular weight is 457 g/mol. The van der Waals surface area contributed by atoms with E-state index in [4.69, 9.17) is 4.74 Å². The number of nitrogens with one attached hydrogen (secondary N) is 1. The number of benzene rings is 2. The van der Waals surface area contributed by atoms with Gasteiger partial charge in [0.2, 0.25) is 11.7 Å². The normalized spacial score (nSPS) is 14.7. The number of para-hydroxylation sites is 1. The summed E-state index contributed by atoms with van der Waals surface area (Å²) in [6.45, 7) is 3.13. The van der Waals surface area contributed by atoms with E-state index < -0.39 is 40.0 Å². The molecule has 1 aliphatic heterocycles. The monoisotopic (exact) mass is 457 g/mol. The maximum Gasteiger partial charge on any atom is 0.315 e. The van der Waals surface area contributed by atoms with E-state index in [9.17, 15) is 29.6 Å². The number of thioether (sulfide) groups is 1. The molecule has 3 rings (SSSR count). The fourth-order valence-electron chi connectivity index (χ4n) is 2.94. The standard InChI is InChI=1S/C21H19N3O7S/c1-3-31-16-9-13(8-15(19(16)26)24(29)30)10-17-20(27)23(21(28)32-17)11-18(25)22-14-7-5-4-6-12(14)2/h4-10,26H,3,11H2,1-2H3,(H,22,25)/b17-10-. The summed E-state index contributed by atoms with van der Waals surface area (Å²) >= 11 is 0.611. The number of hydrogen-bond acceptors (Lipinski definition) is 8. The van der Waals surface area contributed by atoms with Crippen molar-refractivity contribution in [3.63, 3.8) is 0 Å². The Morgan fingerprint density at radius 3 is 2.69 bits per heavy atom. The molecule has 1 fully saturated rings. The van der Waals surface area contributed by atoms with Crippen LogP contribution in [-0.2, 0) is 9.59 Å². The third-order valence-corrected chi connectivity index (χ3v) is 5.37. The molecule has 0 spiro atoms. The van der Waals surface area contributed by atoms with Crippen LogP contribution in [0.2, 0.25) is 0 Å². The molecule has 11 heteroatoms. The summed E-state index contributed by atoms with van der Waals surface area (Å²) in [6, 6.07) is 9.47. The van der Waals surface area contributed by atoms with Crippen LogP contribution in [0.25, 0.3) is 6.08 Å². The van der Waals surface area contributed by atoms with Gasteiger partial charge >= 0.3 is 5.69 Å². The van der Waals surface area contributed by atoms with Crippen molar-refractivity contribution in [2.75, 3.05) is 18.5 Å². The zero-order chi connectivity index (χ0) is 23.4. The third kappa shape index (κ3) is 4.89. The minimum absolute atomic E-state index is 0.0128. The fraction of sp³-hybridized carbons (Fsp3) is 0.190. The van der Waals surface area contributed by atoms with Crippen molar-refractivity contribution in [3.8, 4) is 11.5 Å². The molecule has 3 amide bonds. The topological polar surface area (TPSA) is 139 Å². The Hall–Kier alpha value is -3.86. The van der Waals surface area contributed by atoms with Crippen molar-refractivity contribution < 1.29 is 29.2 Å². The quantitative estimate of drug-likeness (QED) is 0.365. The number of anilines is 1. The number of aromatic hydroxyl groups is 1. The summed E-state index contributed by atoms with van der Waals surface area (Å²) in [6.07, 6.45) is 1.28. The number of amides is 3. The minimum atomic E-state index is -0.781. The lowest BCUT2D eigenvalue weighted by Gasteiger charge is -2.13. The Bertz CT molecular complexity index is 1150. The van der Waals surface area contributed by atoms with Gasteiger partial charge in [-0.15, -0.1) is 0 Å². The summed E-state index contributed by atoms with van der Waals surface area (Å²) in [5.74, 6) is -1.99. The summed E-state index contributed by atoms with van der Waals surface area (Å²) in [4.78, 5) is 48.6. The molecule has 32 heavy (non-hydrogen) atoms. The smallest absolute Gasteiger partial charge is 0.315 e. The molecule has 0 unspecified atom stereocenters. The second-order valence-electron chi connectivity index (χ2n) is 6.71. The molecular weight excluding hydrogens is 438 g/mol. The van der Waals surface area contributed by atoms with Gasteiger partial charge < -0.3 is 15.2 Å². The van der Waals surface area contributed by atoms with E-state index in [1.165, 1.54) is 12.1 Å². The lowest BCUT2D eigenvalue weighted by atomic mass is 10.1. The summed E-state index contributed by atoms with van der Waals surface area (Å²) in [5.41, 5.74) is 0.987. The number of nitrogens with zero attached hydrogens (tertiary/aromatic N) is 2. The number of phenolic OH excluding ortho intramolecular Hbond substituents is 1. The van der Waals surface area contributed by atoms with Crippen LogP contribution in [0, 0.1) is 17.0 Å². The van der Waals surface area contributed by atoms with Gasteiger partial charge in [-0.2, -0.15) is 0 Å². The van der Waals surface area contributed by atoms with Gasteiger partial charge in [-0.05, 0) is 54.9 Å². The van der Waals surface area contributed by atoms with Crippen LogP contribution in [0.4, 0.5) is 16.2 Å². The van der Waals surface area contributed by atoms with Crippen LogP contribution in [0.3, 0.4) is 0 Å². The van der Waals surface area contributed by atoms with E-state index in [0.29, 0.717) is 17.4 Å². The molecule has 2 aromatic carbocycles. The first-order valence-corrected chi connectivity index (χ1v) is 10.3. The Kier molecular flexibility index (Phi) is 6.79. The maximum atomic E-state index is 12.7. The molecule has 2 N–H and O–H groups in total. The van der Waals surface area contributed by atoms with Crippen LogP contribution >= 0.6 is 11.8 Å². The number of hydrogen-bond donors (Lipinski definition) is 2. The molecule has 0 saturated carbocycles. The highest BCUT2D eigenvalue weighted by Gasteiger charge is 2.36.